The summed E-state index contributed by atoms with van der Waals surface area (Å²) in [5.41, 5.74) is 2.89. The van der Waals surface area contributed by atoms with Crippen LogP contribution in [0.2, 0.25) is 5.02 Å². The lowest BCUT2D eigenvalue weighted by molar-refractivity contribution is 0.0941. The van der Waals surface area contributed by atoms with Crippen LogP contribution in [0.25, 0.3) is 11.3 Å². The van der Waals surface area contributed by atoms with Gasteiger partial charge in [-0.25, -0.2) is 0 Å². The molecular weight excluding hydrogens is 414 g/mol. The first-order valence-electron chi connectivity index (χ1n) is 9.55. The van der Waals surface area contributed by atoms with Gasteiger partial charge in [-0.3, -0.25) is 9.59 Å². The standard InChI is InChI=1S/C24H18ClN3O3/c25-19-9-5-7-17(13-19)22-14-21(28-31-22)24(30)26-15-16-6-4-8-18(12-16)23(29)27-20-10-2-1-3-11-20/h1-14H,15H2,(H,26,30)(H,27,29). The molecule has 31 heavy (non-hydrogen) atoms. The Kier molecular flexibility index (Phi) is 6.10. The molecule has 0 unspecified atom stereocenters. The van der Waals surface area contributed by atoms with Crippen molar-refractivity contribution in [3.05, 3.63) is 107 Å². The molecular formula is C24H18ClN3O3. The van der Waals surface area contributed by atoms with Gasteiger partial charge in [-0.2, -0.15) is 0 Å². The van der Waals surface area contributed by atoms with E-state index in [1.54, 1.807) is 42.5 Å². The van der Waals surface area contributed by atoms with E-state index in [1.165, 1.54) is 0 Å². The number of hydrogen-bond acceptors (Lipinski definition) is 4. The third kappa shape index (κ3) is 5.18. The molecule has 0 spiro atoms. The van der Waals surface area contributed by atoms with E-state index in [-0.39, 0.29) is 24.1 Å². The van der Waals surface area contributed by atoms with Crippen LogP contribution in [0.1, 0.15) is 26.4 Å². The fraction of sp³-hybridized carbons (Fsp3) is 0.0417. The summed E-state index contributed by atoms with van der Waals surface area (Å²) in [4.78, 5) is 24.9. The van der Waals surface area contributed by atoms with Gasteiger partial charge in [-0.15, -0.1) is 0 Å². The second-order valence-electron chi connectivity index (χ2n) is 6.79. The van der Waals surface area contributed by atoms with Crippen molar-refractivity contribution in [2.75, 3.05) is 5.32 Å². The fourth-order valence-electron chi connectivity index (χ4n) is 2.98. The van der Waals surface area contributed by atoms with Gasteiger partial charge in [0.05, 0.1) is 0 Å². The van der Waals surface area contributed by atoms with Crippen molar-refractivity contribution in [3.8, 4) is 11.3 Å². The van der Waals surface area contributed by atoms with Crippen molar-refractivity contribution in [2.45, 2.75) is 6.54 Å². The van der Waals surface area contributed by atoms with Gasteiger partial charge in [0.25, 0.3) is 11.8 Å². The molecule has 0 bridgehead atoms. The predicted octanol–water partition coefficient (Wildman–Crippen LogP) is 5.18. The first-order chi connectivity index (χ1) is 15.1. The largest absolute Gasteiger partial charge is 0.355 e. The number of amides is 2. The molecule has 154 valence electrons. The third-order valence-electron chi connectivity index (χ3n) is 4.53. The molecule has 0 atom stereocenters. The maximum Gasteiger partial charge on any atom is 0.273 e. The van der Waals surface area contributed by atoms with E-state index in [0.29, 0.717) is 22.0 Å². The minimum absolute atomic E-state index is 0.160. The van der Waals surface area contributed by atoms with Crippen LogP contribution in [0.15, 0.2) is 89.5 Å². The Morgan fingerprint density at radius 3 is 2.48 bits per heavy atom. The molecule has 7 heteroatoms. The highest BCUT2D eigenvalue weighted by molar-refractivity contribution is 6.30. The number of rotatable bonds is 6. The molecule has 1 heterocycles. The van der Waals surface area contributed by atoms with Gasteiger partial charge in [-0.1, -0.05) is 59.2 Å². The number of carbonyl (C=O) groups excluding carboxylic acids is 2. The molecule has 4 rings (SSSR count). The third-order valence-corrected chi connectivity index (χ3v) is 4.76. The number of anilines is 1. The van der Waals surface area contributed by atoms with E-state index in [9.17, 15) is 9.59 Å². The molecule has 0 fully saturated rings. The van der Waals surface area contributed by atoms with Crippen LogP contribution >= 0.6 is 11.6 Å². The van der Waals surface area contributed by atoms with Crippen LogP contribution in [-0.2, 0) is 6.54 Å². The molecule has 3 aromatic carbocycles. The van der Waals surface area contributed by atoms with Gasteiger partial charge in [-0.05, 0) is 42.0 Å². The normalized spacial score (nSPS) is 10.5. The van der Waals surface area contributed by atoms with Gasteiger partial charge in [0.15, 0.2) is 11.5 Å². The molecule has 0 aliphatic heterocycles. The van der Waals surface area contributed by atoms with Crippen molar-refractivity contribution in [2.24, 2.45) is 0 Å². The summed E-state index contributed by atoms with van der Waals surface area (Å²) in [5, 5.41) is 10.0. The highest BCUT2D eigenvalue weighted by Crippen LogP contribution is 2.23. The quantitative estimate of drug-likeness (QED) is 0.440. The van der Waals surface area contributed by atoms with Crippen molar-refractivity contribution in [3.63, 3.8) is 0 Å². The van der Waals surface area contributed by atoms with E-state index in [1.807, 2.05) is 42.5 Å². The molecule has 0 saturated carbocycles. The highest BCUT2D eigenvalue weighted by atomic mass is 35.5. The number of carbonyl (C=O) groups is 2. The topological polar surface area (TPSA) is 84.2 Å². The number of nitrogens with zero attached hydrogens (tertiary/aromatic N) is 1. The van der Waals surface area contributed by atoms with Crippen LogP contribution in [0.5, 0.6) is 0 Å². The van der Waals surface area contributed by atoms with Crippen LogP contribution in [0.3, 0.4) is 0 Å². The molecule has 0 radical (unpaired) electrons. The second-order valence-corrected chi connectivity index (χ2v) is 7.23. The average molecular weight is 432 g/mol. The predicted molar refractivity (Wildman–Crippen MR) is 119 cm³/mol. The van der Waals surface area contributed by atoms with Crippen LogP contribution in [-0.4, -0.2) is 17.0 Å². The zero-order valence-electron chi connectivity index (χ0n) is 16.3. The van der Waals surface area contributed by atoms with Gasteiger partial charge in [0, 0.05) is 34.4 Å². The second kappa shape index (κ2) is 9.28. The molecule has 1 aromatic heterocycles. The monoisotopic (exact) mass is 431 g/mol. The van der Waals surface area contributed by atoms with Crippen LogP contribution in [0.4, 0.5) is 5.69 Å². The lowest BCUT2D eigenvalue weighted by Crippen LogP contribution is -2.23. The van der Waals surface area contributed by atoms with E-state index in [2.05, 4.69) is 15.8 Å². The molecule has 0 saturated heterocycles. The van der Waals surface area contributed by atoms with Gasteiger partial charge < -0.3 is 15.2 Å². The van der Waals surface area contributed by atoms with Crippen molar-refractivity contribution in [1.29, 1.82) is 0 Å². The average Bonchev–Trinajstić information content (AvgIpc) is 3.29. The minimum Gasteiger partial charge on any atom is -0.355 e. The maximum atomic E-state index is 12.5. The van der Waals surface area contributed by atoms with Crippen molar-refractivity contribution in [1.82, 2.24) is 10.5 Å². The van der Waals surface area contributed by atoms with E-state index in [0.717, 1.165) is 11.1 Å². The lowest BCUT2D eigenvalue weighted by Gasteiger charge is -2.07. The summed E-state index contributed by atoms with van der Waals surface area (Å²) in [6, 6.07) is 24.9. The molecule has 2 N–H and O–H groups in total. The van der Waals surface area contributed by atoms with E-state index in [4.69, 9.17) is 16.1 Å². The Morgan fingerprint density at radius 2 is 1.68 bits per heavy atom. The van der Waals surface area contributed by atoms with Crippen molar-refractivity contribution >= 4 is 29.1 Å². The first-order valence-corrected chi connectivity index (χ1v) is 9.92. The number of para-hydroxylation sites is 1. The van der Waals surface area contributed by atoms with E-state index >= 15 is 0 Å². The summed E-state index contributed by atoms with van der Waals surface area (Å²) < 4.78 is 5.26. The number of hydrogen-bond donors (Lipinski definition) is 2. The summed E-state index contributed by atoms with van der Waals surface area (Å²) in [5.74, 6) is -0.148. The Hall–Kier alpha value is -3.90. The summed E-state index contributed by atoms with van der Waals surface area (Å²) >= 11 is 5.99. The minimum atomic E-state index is -0.379. The summed E-state index contributed by atoms with van der Waals surface area (Å²) in [6.45, 7) is 0.241. The van der Waals surface area contributed by atoms with Crippen molar-refractivity contribution < 1.29 is 14.1 Å². The first kappa shape index (κ1) is 20.4. The molecule has 6 nitrogen and oxygen atoms in total. The Morgan fingerprint density at radius 1 is 0.871 bits per heavy atom. The van der Waals surface area contributed by atoms with Crippen LogP contribution < -0.4 is 10.6 Å². The molecule has 0 aliphatic rings. The maximum absolute atomic E-state index is 12.5. The highest BCUT2D eigenvalue weighted by Gasteiger charge is 2.14. The Bertz CT molecular complexity index is 1220. The van der Waals surface area contributed by atoms with Gasteiger partial charge in [0.2, 0.25) is 0 Å². The zero-order chi connectivity index (χ0) is 21.6. The Labute approximate surface area is 183 Å². The molecule has 4 aromatic rings. The summed E-state index contributed by atoms with van der Waals surface area (Å²) in [6.07, 6.45) is 0. The zero-order valence-corrected chi connectivity index (χ0v) is 17.1. The molecule has 2 amide bonds. The van der Waals surface area contributed by atoms with E-state index < -0.39 is 0 Å². The number of benzene rings is 3. The Balaban J connectivity index is 1.39. The molecule has 0 aliphatic carbocycles. The number of halogens is 1. The fourth-order valence-corrected chi connectivity index (χ4v) is 3.17. The SMILES string of the molecule is O=C(Nc1ccccc1)c1cccc(CNC(=O)c2cc(-c3cccc(Cl)c3)on2)c1. The van der Waals surface area contributed by atoms with Crippen LogP contribution in [0, 0.1) is 0 Å². The number of aromatic nitrogens is 1. The lowest BCUT2D eigenvalue weighted by atomic mass is 10.1. The smallest absolute Gasteiger partial charge is 0.273 e. The number of nitrogens with one attached hydrogen (secondary N) is 2. The van der Waals surface area contributed by atoms with Gasteiger partial charge >= 0.3 is 0 Å². The van der Waals surface area contributed by atoms with Gasteiger partial charge in [0.1, 0.15) is 0 Å². The summed E-state index contributed by atoms with van der Waals surface area (Å²) in [7, 11) is 0.